The first-order valence-corrected chi connectivity index (χ1v) is 10.9. The molecule has 9 heteroatoms. The summed E-state index contributed by atoms with van der Waals surface area (Å²) in [5.74, 6) is 0.161. The third-order valence-electron chi connectivity index (χ3n) is 5.08. The van der Waals surface area contributed by atoms with E-state index in [1.807, 2.05) is 12.1 Å². The van der Waals surface area contributed by atoms with Crippen LogP contribution in [0.3, 0.4) is 0 Å². The third kappa shape index (κ3) is 3.03. The van der Waals surface area contributed by atoms with E-state index in [2.05, 4.69) is 5.32 Å². The van der Waals surface area contributed by atoms with Gasteiger partial charge in [0.1, 0.15) is 17.5 Å². The van der Waals surface area contributed by atoms with Gasteiger partial charge in [-0.15, -0.1) is 0 Å². The first-order valence-electron chi connectivity index (χ1n) is 9.08. The first-order chi connectivity index (χ1) is 14.3. The lowest BCUT2D eigenvalue weighted by Crippen LogP contribution is -2.44. The predicted molar refractivity (Wildman–Crippen MR) is 116 cm³/mol. The van der Waals surface area contributed by atoms with Crippen LogP contribution in [-0.4, -0.2) is 34.6 Å². The summed E-state index contributed by atoms with van der Waals surface area (Å²) in [5.41, 5.74) is 0.800. The number of hydrogen-bond acceptors (Lipinski definition) is 5. The van der Waals surface area contributed by atoms with Crippen LogP contribution in [0.1, 0.15) is 6.92 Å². The summed E-state index contributed by atoms with van der Waals surface area (Å²) in [6.07, 6.45) is 0. The van der Waals surface area contributed by atoms with Crippen LogP contribution in [0.5, 0.6) is 11.5 Å². The lowest BCUT2D eigenvalue weighted by Gasteiger charge is -2.25. The number of nitrogens with zero attached hydrogens (tertiary/aromatic N) is 1. The molecular weight excluding hydrogens is 428 g/mol. The Bertz CT molecular complexity index is 1270. The Hall–Kier alpha value is -2.97. The first kappa shape index (κ1) is 20.3. The summed E-state index contributed by atoms with van der Waals surface area (Å²) < 4.78 is 38.1. The van der Waals surface area contributed by atoms with Crippen LogP contribution in [0.15, 0.2) is 53.4 Å². The van der Waals surface area contributed by atoms with Gasteiger partial charge in [-0.3, -0.25) is 9.10 Å². The highest BCUT2D eigenvalue weighted by molar-refractivity contribution is 7.93. The van der Waals surface area contributed by atoms with E-state index in [4.69, 9.17) is 21.1 Å². The van der Waals surface area contributed by atoms with E-state index < -0.39 is 22.0 Å². The van der Waals surface area contributed by atoms with Crippen molar-refractivity contribution in [3.8, 4) is 11.5 Å². The summed E-state index contributed by atoms with van der Waals surface area (Å²) in [5, 5.41) is 4.47. The lowest BCUT2D eigenvalue weighted by atomic mass is 10.1. The highest BCUT2D eigenvalue weighted by Crippen LogP contribution is 2.43. The minimum atomic E-state index is -3.87. The van der Waals surface area contributed by atoms with Gasteiger partial charge in [0.25, 0.3) is 10.0 Å². The van der Waals surface area contributed by atoms with Gasteiger partial charge >= 0.3 is 0 Å². The molecule has 0 unspecified atom stereocenters. The molecule has 30 heavy (non-hydrogen) atoms. The van der Waals surface area contributed by atoms with Crippen molar-refractivity contribution >= 4 is 49.7 Å². The smallest absolute Gasteiger partial charge is 0.265 e. The van der Waals surface area contributed by atoms with Crippen LogP contribution in [0.4, 0.5) is 11.4 Å². The molecule has 0 aromatic heterocycles. The van der Waals surface area contributed by atoms with Gasteiger partial charge in [0, 0.05) is 17.5 Å². The van der Waals surface area contributed by atoms with Gasteiger partial charge < -0.3 is 14.8 Å². The molecule has 7 nitrogen and oxygen atoms in total. The minimum absolute atomic E-state index is 0.195. The maximum atomic E-state index is 13.2. The third-order valence-corrected chi connectivity index (χ3v) is 7.30. The molecule has 1 aliphatic rings. The topological polar surface area (TPSA) is 84.9 Å². The summed E-state index contributed by atoms with van der Waals surface area (Å²) in [6, 6.07) is 12.4. The number of amides is 1. The number of carbonyl (C=O) groups excluding carboxylic acids is 1. The Kier molecular flexibility index (Phi) is 4.99. The van der Waals surface area contributed by atoms with Crippen LogP contribution in [0.25, 0.3) is 10.8 Å². The zero-order valence-electron chi connectivity index (χ0n) is 16.5. The number of anilines is 2. The fraction of sp³-hybridized carbons (Fsp3) is 0.190. The molecule has 0 fully saturated rings. The fourth-order valence-corrected chi connectivity index (χ4v) is 5.74. The molecule has 3 aromatic rings. The minimum Gasteiger partial charge on any atom is -0.495 e. The van der Waals surface area contributed by atoms with Crippen molar-refractivity contribution in [3.05, 3.63) is 53.6 Å². The normalized spacial score (nSPS) is 15.1. The molecule has 1 heterocycles. The Morgan fingerprint density at radius 1 is 1.07 bits per heavy atom. The number of ether oxygens (including phenoxy) is 2. The van der Waals surface area contributed by atoms with E-state index in [9.17, 15) is 13.2 Å². The van der Waals surface area contributed by atoms with Gasteiger partial charge in [0.15, 0.2) is 0 Å². The molecule has 1 N–H and O–H groups in total. The molecule has 0 spiro atoms. The number of methoxy groups -OCH3 is 2. The average Bonchev–Trinajstić information content (AvgIpc) is 2.96. The van der Waals surface area contributed by atoms with Crippen LogP contribution in [-0.2, 0) is 14.8 Å². The van der Waals surface area contributed by atoms with Crippen molar-refractivity contribution in [1.29, 1.82) is 0 Å². The van der Waals surface area contributed by atoms with Crippen molar-refractivity contribution in [2.45, 2.75) is 17.9 Å². The summed E-state index contributed by atoms with van der Waals surface area (Å²) in [4.78, 5) is 13.3. The Balaban J connectivity index is 1.72. The van der Waals surface area contributed by atoms with Gasteiger partial charge in [0.05, 0.1) is 35.5 Å². The molecule has 0 saturated heterocycles. The van der Waals surface area contributed by atoms with Crippen LogP contribution in [0, 0.1) is 0 Å². The molecule has 1 amide bonds. The van der Waals surface area contributed by atoms with E-state index >= 15 is 0 Å². The molecular formula is C21H19ClN2O5S. The fourth-order valence-electron chi connectivity index (χ4n) is 3.64. The molecule has 0 radical (unpaired) electrons. The molecule has 3 aromatic carbocycles. The van der Waals surface area contributed by atoms with Crippen molar-refractivity contribution in [2.24, 2.45) is 0 Å². The van der Waals surface area contributed by atoms with Gasteiger partial charge in [-0.1, -0.05) is 35.9 Å². The van der Waals surface area contributed by atoms with Gasteiger partial charge in [-0.2, -0.15) is 0 Å². The zero-order valence-corrected chi connectivity index (χ0v) is 18.0. The van der Waals surface area contributed by atoms with Crippen molar-refractivity contribution in [1.82, 2.24) is 0 Å². The van der Waals surface area contributed by atoms with Crippen molar-refractivity contribution in [3.63, 3.8) is 0 Å². The van der Waals surface area contributed by atoms with Crippen LogP contribution in [0.2, 0.25) is 5.02 Å². The Morgan fingerprint density at radius 3 is 2.40 bits per heavy atom. The lowest BCUT2D eigenvalue weighted by molar-refractivity contribution is -0.116. The molecule has 0 bridgehead atoms. The number of hydrogen-bond donors (Lipinski definition) is 1. The molecule has 1 atom stereocenters. The van der Waals surface area contributed by atoms with E-state index in [0.29, 0.717) is 33.3 Å². The monoisotopic (exact) mass is 446 g/mol. The second-order valence-corrected chi connectivity index (χ2v) is 8.98. The van der Waals surface area contributed by atoms with Crippen molar-refractivity contribution < 1.29 is 22.7 Å². The van der Waals surface area contributed by atoms with E-state index in [0.717, 1.165) is 9.69 Å². The quantitative estimate of drug-likeness (QED) is 0.639. The second kappa shape index (κ2) is 7.37. The number of halogens is 1. The van der Waals surface area contributed by atoms with Crippen LogP contribution < -0.4 is 19.1 Å². The number of carbonyl (C=O) groups is 1. The van der Waals surface area contributed by atoms with Crippen molar-refractivity contribution in [2.75, 3.05) is 23.8 Å². The number of benzene rings is 3. The van der Waals surface area contributed by atoms with E-state index in [-0.39, 0.29) is 4.90 Å². The standard InChI is InChI=1S/C21H19ClN2O5S/c1-12(21(25)23-15-11-17(28-2)14(22)10-18(15)29-3)24-16-8-4-6-13-7-5-9-19(20(13)16)30(24,26)27/h4-12H,1-3H3,(H,23,25)/t12-/m0/s1. The van der Waals surface area contributed by atoms with Gasteiger partial charge in [0.2, 0.25) is 5.91 Å². The number of rotatable bonds is 5. The summed E-state index contributed by atoms with van der Waals surface area (Å²) in [6.45, 7) is 1.54. The zero-order chi connectivity index (χ0) is 21.6. The molecule has 4 rings (SSSR count). The highest BCUT2D eigenvalue weighted by atomic mass is 35.5. The van der Waals surface area contributed by atoms with Gasteiger partial charge in [-0.05, 0) is 24.4 Å². The number of sulfonamides is 1. The predicted octanol–water partition coefficient (Wildman–Crippen LogP) is 4.05. The summed E-state index contributed by atoms with van der Waals surface area (Å²) >= 11 is 6.11. The Labute approximate surface area is 179 Å². The maximum absolute atomic E-state index is 13.2. The summed E-state index contributed by atoms with van der Waals surface area (Å²) in [7, 11) is -0.976. The van der Waals surface area contributed by atoms with E-state index in [1.54, 1.807) is 24.3 Å². The van der Waals surface area contributed by atoms with Crippen LogP contribution >= 0.6 is 11.6 Å². The molecule has 0 saturated carbocycles. The number of nitrogens with one attached hydrogen (secondary N) is 1. The van der Waals surface area contributed by atoms with Gasteiger partial charge in [-0.25, -0.2) is 8.42 Å². The Morgan fingerprint density at radius 2 is 1.73 bits per heavy atom. The van der Waals surface area contributed by atoms with E-state index in [1.165, 1.54) is 33.3 Å². The molecule has 1 aliphatic heterocycles. The average molecular weight is 447 g/mol. The SMILES string of the molecule is COc1cc(NC(=O)[C@H](C)N2c3cccc4cccc(c34)S2(=O)=O)c(OC)cc1Cl. The molecule has 0 aliphatic carbocycles. The second-order valence-electron chi connectivity index (χ2n) is 6.78. The maximum Gasteiger partial charge on any atom is 0.265 e. The molecule has 156 valence electrons. The largest absolute Gasteiger partial charge is 0.495 e. The highest BCUT2D eigenvalue weighted by Gasteiger charge is 2.41.